The van der Waals surface area contributed by atoms with Crippen LogP contribution < -0.4 is 11.1 Å². The lowest BCUT2D eigenvalue weighted by Gasteiger charge is -2.07. The number of rotatable bonds is 3. The molecular formula is C11H12N4. The van der Waals surface area contributed by atoms with Gasteiger partial charge < -0.3 is 11.1 Å². The fraction of sp³-hybridized carbons (Fsp3) is 0.0909. The summed E-state index contributed by atoms with van der Waals surface area (Å²) in [7, 11) is 0. The molecule has 0 aromatic carbocycles. The molecule has 0 fully saturated rings. The lowest BCUT2D eigenvalue weighted by Crippen LogP contribution is -2.02. The number of nitrogens with two attached hydrogens (primary N) is 1. The van der Waals surface area contributed by atoms with Gasteiger partial charge in [0.15, 0.2) is 0 Å². The standard InChI is InChI=1S/C11H12N4/c12-10-3-6-14-8-11(10)15-7-9-1-4-13-5-2-9/h1-6,8,15H,7H2,(H2,12,14). The normalized spacial score (nSPS) is 9.87. The highest BCUT2D eigenvalue weighted by Crippen LogP contribution is 2.15. The summed E-state index contributed by atoms with van der Waals surface area (Å²) in [5.74, 6) is 0. The van der Waals surface area contributed by atoms with E-state index >= 15 is 0 Å². The maximum Gasteiger partial charge on any atom is 0.0762 e. The highest BCUT2D eigenvalue weighted by atomic mass is 14.9. The SMILES string of the molecule is Nc1ccncc1NCc1ccncc1. The van der Waals surface area contributed by atoms with Crippen LogP contribution in [0.1, 0.15) is 5.56 Å². The molecule has 2 heterocycles. The van der Waals surface area contributed by atoms with E-state index in [2.05, 4.69) is 15.3 Å². The van der Waals surface area contributed by atoms with Crippen molar-refractivity contribution in [3.63, 3.8) is 0 Å². The zero-order valence-electron chi connectivity index (χ0n) is 8.22. The van der Waals surface area contributed by atoms with Crippen molar-refractivity contribution >= 4 is 11.4 Å². The second kappa shape index (κ2) is 4.41. The van der Waals surface area contributed by atoms with Crippen molar-refractivity contribution < 1.29 is 0 Å². The number of anilines is 2. The van der Waals surface area contributed by atoms with Gasteiger partial charge in [-0.3, -0.25) is 9.97 Å². The van der Waals surface area contributed by atoms with Gasteiger partial charge in [-0.2, -0.15) is 0 Å². The predicted octanol–water partition coefficient (Wildman–Crippen LogP) is 1.67. The molecule has 0 saturated heterocycles. The Balaban J connectivity index is 2.03. The zero-order chi connectivity index (χ0) is 10.5. The van der Waals surface area contributed by atoms with Gasteiger partial charge in [-0.1, -0.05) is 0 Å². The quantitative estimate of drug-likeness (QED) is 0.791. The van der Waals surface area contributed by atoms with Crippen LogP contribution in [0.3, 0.4) is 0 Å². The van der Waals surface area contributed by atoms with E-state index < -0.39 is 0 Å². The Morgan fingerprint density at radius 2 is 1.80 bits per heavy atom. The first-order valence-electron chi connectivity index (χ1n) is 4.68. The van der Waals surface area contributed by atoms with Crippen molar-refractivity contribution in [2.45, 2.75) is 6.54 Å². The highest BCUT2D eigenvalue weighted by Gasteiger charge is 1.97. The van der Waals surface area contributed by atoms with Gasteiger partial charge in [0.1, 0.15) is 0 Å². The summed E-state index contributed by atoms with van der Waals surface area (Å²) in [6.07, 6.45) is 6.93. The summed E-state index contributed by atoms with van der Waals surface area (Å²) < 4.78 is 0. The fourth-order valence-corrected chi connectivity index (χ4v) is 1.25. The summed E-state index contributed by atoms with van der Waals surface area (Å²) in [6, 6.07) is 5.69. The molecule has 0 amide bonds. The fourth-order valence-electron chi connectivity index (χ4n) is 1.25. The van der Waals surface area contributed by atoms with Crippen LogP contribution in [0.25, 0.3) is 0 Å². The number of aromatic nitrogens is 2. The summed E-state index contributed by atoms with van der Waals surface area (Å²) >= 11 is 0. The van der Waals surface area contributed by atoms with Crippen LogP contribution in [0.5, 0.6) is 0 Å². The minimum absolute atomic E-state index is 0.707. The molecule has 0 aliphatic rings. The first-order chi connectivity index (χ1) is 7.36. The first-order valence-corrected chi connectivity index (χ1v) is 4.68. The van der Waals surface area contributed by atoms with Crippen LogP contribution >= 0.6 is 0 Å². The summed E-state index contributed by atoms with van der Waals surface area (Å²) in [5, 5.41) is 3.21. The third-order valence-electron chi connectivity index (χ3n) is 2.09. The maximum atomic E-state index is 5.77. The second-order valence-electron chi connectivity index (χ2n) is 3.17. The number of nitrogens with one attached hydrogen (secondary N) is 1. The summed E-state index contributed by atoms with van der Waals surface area (Å²) in [5.41, 5.74) is 8.49. The van der Waals surface area contributed by atoms with Gasteiger partial charge in [-0.05, 0) is 23.8 Å². The predicted molar refractivity (Wildman–Crippen MR) is 60.2 cm³/mol. The molecule has 0 radical (unpaired) electrons. The Hall–Kier alpha value is -2.10. The Kier molecular flexibility index (Phi) is 2.78. The largest absolute Gasteiger partial charge is 0.397 e. The molecule has 0 unspecified atom stereocenters. The van der Waals surface area contributed by atoms with Crippen LogP contribution in [-0.4, -0.2) is 9.97 Å². The Bertz CT molecular complexity index is 428. The van der Waals surface area contributed by atoms with Crippen LogP contribution in [0.2, 0.25) is 0 Å². The molecule has 0 spiro atoms. The van der Waals surface area contributed by atoms with Crippen LogP contribution in [-0.2, 0) is 6.54 Å². The molecule has 0 aliphatic carbocycles. The van der Waals surface area contributed by atoms with Crippen LogP contribution in [0.4, 0.5) is 11.4 Å². The third-order valence-corrected chi connectivity index (χ3v) is 2.09. The molecule has 0 bridgehead atoms. The van der Waals surface area contributed by atoms with E-state index in [-0.39, 0.29) is 0 Å². The van der Waals surface area contributed by atoms with Gasteiger partial charge in [0.05, 0.1) is 17.6 Å². The molecule has 4 nitrogen and oxygen atoms in total. The number of nitrogen functional groups attached to an aromatic ring is 1. The van der Waals surface area contributed by atoms with Crippen LogP contribution in [0.15, 0.2) is 43.0 Å². The van der Waals surface area contributed by atoms with Crippen molar-refractivity contribution in [2.75, 3.05) is 11.1 Å². The van der Waals surface area contributed by atoms with E-state index in [1.54, 1.807) is 30.9 Å². The van der Waals surface area contributed by atoms with E-state index in [1.807, 2.05) is 12.1 Å². The molecule has 0 saturated carbocycles. The van der Waals surface area contributed by atoms with Gasteiger partial charge >= 0.3 is 0 Å². The number of hydrogen-bond acceptors (Lipinski definition) is 4. The van der Waals surface area contributed by atoms with Crippen molar-refractivity contribution in [1.82, 2.24) is 9.97 Å². The van der Waals surface area contributed by atoms with Crippen molar-refractivity contribution in [1.29, 1.82) is 0 Å². The van der Waals surface area contributed by atoms with E-state index in [0.29, 0.717) is 5.69 Å². The zero-order valence-corrected chi connectivity index (χ0v) is 8.22. The molecule has 2 rings (SSSR count). The smallest absolute Gasteiger partial charge is 0.0762 e. The molecule has 0 aliphatic heterocycles. The Morgan fingerprint density at radius 1 is 1.07 bits per heavy atom. The lowest BCUT2D eigenvalue weighted by atomic mass is 10.2. The number of pyridine rings is 2. The van der Waals surface area contributed by atoms with Crippen molar-refractivity contribution in [2.24, 2.45) is 0 Å². The minimum atomic E-state index is 0.707. The molecule has 2 aromatic heterocycles. The van der Waals surface area contributed by atoms with E-state index in [0.717, 1.165) is 17.8 Å². The second-order valence-corrected chi connectivity index (χ2v) is 3.17. The van der Waals surface area contributed by atoms with E-state index in [4.69, 9.17) is 5.73 Å². The van der Waals surface area contributed by atoms with E-state index in [1.165, 1.54) is 0 Å². The van der Waals surface area contributed by atoms with Crippen molar-refractivity contribution in [3.8, 4) is 0 Å². The van der Waals surface area contributed by atoms with Gasteiger partial charge in [-0.15, -0.1) is 0 Å². The lowest BCUT2D eigenvalue weighted by molar-refractivity contribution is 1.12. The van der Waals surface area contributed by atoms with E-state index in [9.17, 15) is 0 Å². The van der Waals surface area contributed by atoms with Gasteiger partial charge in [0.25, 0.3) is 0 Å². The molecule has 4 heteroatoms. The summed E-state index contributed by atoms with van der Waals surface area (Å²) in [4.78, 5) is 7.96. The third kappa shape index (κ3) is 2.43. The Morgan fingerprint density at radius 3 is 2.53 bits per heavy atom. The monoisotopic (exact) mass is 200 g/mol. The topological polar surface area (TPSA) is 63.8 Å². The molecule has 76 valence electrons. The molecule has 15 heavy (non-hydrogen) atoms. The maximum absolute atomic E-state index is 5.77. The highest BCUT2D eigenvalue weighted by molar-refractivity contribution is 5.64. The van der Waals surface area contributed by atoms with Gasteiger partial charge in [-0.25, -0.2) is 0 Å². The Labute approximate surface area is 88.2 Å². The molecule has 3 N–H and O–H groups in total. The molecular weight excluding hydrogens is 188 g/mol. The molecule has 2 aromatic rings. The van der Waals surface area contributed by atoms with Crippen LogP contribution in [0, 0.1) is 0 Å². The van der Waals surface area contributed by atoms with Gasteiger partial charge in [0, 0.05) is 25.1 Å². The number of hydrogen-bond donors (Lipinski definition) is 2. The first kappa shape index (κ1) is 9.45. The van der Waals surface area contributed by atoms with Crippen molar-refractivity contribution in [3.05, 3.63) is 48.5 Å². The molecule has 0 atom stereocenters. The summed E-state index contributed by atoms with van der Waals surface area (Å²) in [6.45, 7) is 0.721. The average molecular weight is 200 g/mol. The van der Waals surface area contributed by atoms with Gasteiger partial charge in [0.2, 0.25) is 0 Å². The average Bonchev–Trinajstić information content (AvgIpc) is 2.29. The minimum Gasteiger partial charge on any atom is -0.397 e. The number of nitrogens with zero attached hydrogens (tertiary/aromatic N) is 2.